The zero-order valence-electron chi connectivity index (χ0n) is 13.6. The van der Waals surface area contributed by atoms with E-state index < -0.39 is 16.1 Å². The number of amides is 1. The summed E-state index contributed by atoms with van der Waals surface area (Å²) >= 11 is 0. The van der Waals surface area contributed by atoms with Gasteiger partial charge in [0.1, 0.15) is 6.10 Å². The summed E-state index contributed by atoms with van der Waals surface area (Å²) in [4.78, 5) is 13.5. The topological polar surface area (TPSA) is 86.7 Å². The molecule has 1 aliphatic heterocycles. The fourth-order valence-electron chi connectivity index (χ4n) is 3.41. The Morgan fingerprint density at radius 3 is 2.17 bits per heavy atom. The van der Waals surface area contributed by atoms with Gasteiger partial charge in [0.05, 0.1) is 4.90 Å². The summed E-state index contributed by atoms with van der Waals surface area (Å²) in [5.74, 6) is -0.331. The quantitative estimate of drug-likeness (QED) is 0.809. The fourth-order valence-corrected chi connectivity index (χ4v) is 4.72. The van der Waals surface area contributed by atoms with Crippen LogP contribution in [0.25, 0.3) is 0 Å². The summed E-state index contributed by atoms with van der Waals surface area (Å²) in [5.41, 5.74) is 0.616. The van der Waals surface area contributed by atoms with Crippen molar-refractivity contribution < 1.29 is 18.3 Å². The number of nitrogens with zero attached hydrogens (tertiary/aromatic N) is 1. The van der Waals surface area contributed by atoms with E-state index in [4.69, 9.17) is 0 Å². The molecule has 3 rings (SSSR count). The van der Waals surface area contributed by atoms with Gasteiger partial charge in [-0.05, 0) is 37.1 Å². The van der Waals surface area contributed by atoms with Crippen molar-refractivity contribution >= 4 is 21.6 Å². The first-order valence-corrected chi connectivity index (χ1v) is 10.1. The van der Waals surface area contributed by atoms with Gasteiger partial charge in [-0.2, -0.15) is 0 Å². The minimum atomic E-state index is -3.54. The van der Waals surface area contributed by atoms with Crippen LogP contribution in [0, 0.1) is 0 Å². The van der Waals surface area contributed by atoms with Crippen LogP contribution in [-0.2, 0) is 14.8 Å². The van der Waals surface area contributed by atoms with Crippen molar-refractivity contribution in [2.75, 3.05) is 11.4 Å². The largest absolute Gasteiger partial charge is 0.383 e. The van der Waals surface area contributed by atoms with E-state index in [0.717, 1.165) is 25.7 Å². The van der Waals surface area contributed by atoms with Gasteiger partial charge in [-0.3, -0.25) is 4.79 Å². The van der Waals surface area contributed by atoms with Gasteiger partial charge in [0.15, 0.2) is 0 Å². The van der Waals surface area contributed by atoms with Crippen molar-refractivity contribution in [3.8, 4) is 0 Å². The highest BCUT2D eigenvalue weighted by Gasteiger charge is 2.31. The van der Waals surface area contributed by atoms with E-state index in [2.05, 4.69) is 4.72 Å². The predicted molar refractivity (Wildman–Crippen MR) is 91.2 cm³/mol. The summed E-state index contributed by atoms with van der Waals surface area (Å²) in [6.07, 6.45) is 5.68. The van der Waals surface area contributed by atoms with E-state index >= 15 is 0 Å². The first-order chi connectivity index (χ1) is 11.5. The van der Waals surface area contributed by atoms with Crippen LogP contribution in [0.2, 0.25) is 0 Å². The molecular formula is C17H24N2O4S. The Morgan fingerprint density at radius 2 is 1.62 bits per heavy atom. The number of hydrogen-bond acceptors (Lipinski definition) is 4. The molecule has 1 saturated carbocycles. The van der Waals surface area contributed by atoms with Crippen LogP contribution >= 0.6 is 0 Å². The molecule has 2 N–H and O–H groups in total. The molecule has 24 heavy (non-hydrogen) atoms. The zero-order chi connectivity index (χ0) is 17.2. The molecule has 1 unspecified atom stereocenters. The molecule has 1 heterocycles. The molecule has 7 heteroatoms. The summed E-state index contributed by atoms with van der Waals surface area (Å²) in [7, 11) is -3.54. The Labute approximate surface area is 142 Å². The van der Waals surface area contributed by atoms with Crippen LogP contribution in [0.4, 0.5) is 5.69 Å². The molecule has 0 spiro atoms. The SMILES string of the molecule is O=C1C(O)CCN1c1ccc(S(=O)(=O)NC2CCCCCC2)cc1. The molecule has 2 fully saturated rings. The van der Waals surface area contributed by atoms with Gasteiger partial charge in [-0.1, -0.05) is 25.7 Å². The van der Waals surface area contributed by atoms with Crippen LogP contribution in [0.3, 0.4) is 0 Å². The number of benzene rings is 1. The molecule has 1 aliphatic carbocycles. The lowest BCUT2D eigenvalue weighted by atomic mass is 10.1. The molecule has 1 atom stereocenters. The third kappa shape index (κ3) is 3.79. The molecule has 0 radical (unpaired) electrons. The third-order valence-electron chi connectivity index (χ3n) is 4.81. The number of carbonyl (C=O) groups excluding carboxylic acids is 1. The van der Waals surface area contributed by atoms with E-state index in [0.29, 0.717) is 18.7 Å². The smallest absolute Gasteiger partial charge is 0.255 e. The number of nitrogens with one attached hydrogen (secondary N) is 1. The van der Waals surface area contributed by atoms with Gasteiger partial charge in [-0.15, -0.1) is 0 Å². The number of aliphatic hydroxyl groups excluding tert-OH is 1. The summed E-state index contributed by atoms with van der Waals surface area (Å²) in [6.45, 7) is 0.451. The van der Waals surface area contributed by atoms with Gasteiger partial charge in [0.2, 0.25) is 10.0 Å². The minimum Gasteiger partial charge on any atom is -0.383 e. The van der Waals surface area contributed by atoms with Crippen molar-refractivity contribution in [1.29, 1.82) is 0 Å². The molecule has 1 amide bonds. The molecule has 1 aromatic carbocycles. The van der Waals surface area contributed by atoms with Gasteiger partial charge in [0, 0.05) is 24.7 Å². The Hall–Kier alpha value is -1.44. The second-order valence-electron chi connectivity index (χ2n) is 6.60. The summed E-state index contributed by atoms with van der Waals surface area (Å²) < 4.78 is 27.9. The predicted octanol–water partition coefficient (Wildman–Crippen LogP) is 1.79. The maximum absolute atomic E-state index is 12.5. The average molecular weight is 352 g/mol. The van der Waals surface area contributed by atoms with Gasteiger partial charge >= 0.3 is 0 Å². The second-order valence-corrected chi connectivity index (χ2v) is 8.31. The van der Waals surface area contributed by atoms with Crippen LogP contribution in [0.1, 0.15) is 44.9 Å². The lowest BCUT2D eigenvalue weighted by Crippen LogP contribution is -2.34. The van der Waals surface area contributed by atoms with Crippen molar-refractivity contribution in [1.82, 2.24) is 4.72 Å². The first kappa shape index (κ1) is 17.4. The summed E-state index contributed by atoms with van der Waals surface area (Å²) in [5, 5.41) is 9.52. The Kier molecular flexibility index (Phi) is 5.22. The standard InChI is InChI=1S/C17H24N2O4S/c20-16-11-12-19(17(16)21)14-7-9-15(10-8-14)24(22,23)18-13-5-3-1-2-4-6-13/h7-10,13,16,18,20H,1-6,11-12H2. The van der Waals surface area contributed by atoms with E-state index in [9.17, 15) is 18.3 Å². The van der Waals surface area contributed by atoms with Crippen molar-refractivity contribution in [2.45, 2.75) is 62.0 Å². The van der Waals surface area contributed by atoms with E-state index in [1.54, 1.807) is 12.1 Å². The highest BCUT2D eigenvalue weighted by Crippen LogP contribution is 2.24. The van der Waals surface area contributed by atoms with Crippen LogP contribution < -0.4 is 9.62 Å². The number of carbonyl (C=O) groups is 1. The molecule has 6 nitrogen and oxygen atoms in total. The lowest BCUT2D eigenvalue weighted by molar-refractivity contribution is -0.123. The highest BCUT2D eigenvalue weighted by molar-refractivity contribution is 7.89. The fraction of sp³-hybridized carbons (Fsp3) is 0.588. The molecule has 132 valence electrons. The minimum absolute atomic E-state index is 0.00693. The van der Waals surface area contributed by atoms with Gasteiger partial charge in [-0.25, -0.2) is 13.1 Å². The molecule has 0 bridgehead atoms. The molecule has 2 aliphatic rings. The number of aliphatic hydroxyl groups is 1. The number of rotatable bonds is 4. The van der Waals surface area contributed by atoms with Crippen LogP contribution in [0.5, 0.6) is 0 Å². The number of anilines is 1. The molecule has 0 aromatic heterocycles. The van der Waals surface area contributed by atoms with Crippen molar-refractivity contribution in [3.05, 3.63) is 24.3 Å². The average Bonchev–Trinajstić information content (AvgIpc) is 2.76. The summed E-state index contributed by atoms with van der Waals surface area (Å²) in [6, 6.07) is 6.29. The monoisotopic (exact) mass is 352 g/mol. The zero-order valence-corrected chi connectivity index (χ0v) is 14.5. The Bertz CT molecular complexity index is 679. The van der Waals surface area contributed by atoms with Crippen LogP contribution in [-0.4, -0.2) is 38.1 Å². The molecule has 1 aromatic rings. The molecule has 1 saturated heterocycles. The lowest BCUT2D eigenvalue weighted by Gasteiger charge is -2.18. The maximum Gasteiger partial charge on any atom is 0.255 e. The normalized spacial score (nSPS) is 23.5. The Morgan fingerprint density at radius 1 is 1.00 bits per heavy atom. The first-order valence-electron chi connectivity index (χ1n) is 8.59. The van der Waals surface area contributed by atoms with E-state index in [-0.39, 0.29) is 16.8 Å². The van der Waals surface area contributed by atoms with E-state index in [1.807, 2.05) is 0 Å². The third-order valence-corrected chi connectivity index (χ3v) is 6.35. The van der Waals surface area contributed by atoms with Gasteiger partial charge in [0.25, 0.3) is 5.91 Å². The van der Waals surface area contributed by atoms with Crippen LogP contribution in [0.15, 0.2) is 29.2 Å². The number of hydrogen-bond donors (Lipinski definition) is 2. The highest BCUT2D eigenvalue weighted by atomic mass is 32.2. The Balaban J connectivity index is 1.71. The van der Waals surface area contributed by atoms with Crippen molar-refractivity contribution in [3.63, 3.8) is 0 Å². The van der Waals surface area contributed by atoms with Gasteiger partial charge < -0.3 is 10.0 Å². The van der Waals surface area contributed by atoms with Crippen molar-refractivity contribution in [2.24, 2.45) is 0 Å². The number of sulfonamides is 1. The molecular weight excluding hydrogens is 328 g/mol. The van der Waals surface area contributed by atoms with E-state index in [1.165, 1.54) is 29.9 Å². The maximum atomic E-state index is 12.5. The second kappa shape index (κ2) is 7.21.